The molecule has 0 spiro atoms. The topological polar surface area (TPSA) is 55.8 Å². The first-order valence-corrected chi connectivity index (χ1v) is 5.13. The number of aliphatic carboxylic acids is 1. The number of methoxy groups -OCH3 is 1. The Morgan fingerprint density at radius 2 is 2.19 bits per heavy atom. The van der Waals surface area contributed by atoms with Gasteiger partial charge in [-0.05, 0) is 12.1 Å². The van der Waals surface area contributed by atoms with Crippen molar-refractivity contribution in [2.24, 2.45) is 0 Å². The number of hydrogen-bond donors (Lipinski definition) is 1. The average molecular weight is 265 g/mol. The van der Waals surface area contributed by atoms with Crippen LogP contribution in [0.4, 0.5) is 0 Å². The zero-order chi connectivity index (χ0) is 12.1. The number of carbonyl (C=O) groups is 1. The zero-order valence-corrected chi connectivity index (χ0v) is 9.96. The number of benzene rings is 1. The summed E-state index contributed by atoms with van der Waals surface area (Å²) in [6.45, 7) is -0.0713. The molecule has 1 N–H and O–H groups in total. The maximum Gasteiger partial charge on any atom is 0.347 e. The van der Waals surface area contributed by atoms with Gasteiger partial charge in [-0.25, -0.2) is 4.79 Å². The van der Waals surface area contributed by atoms with Gasteiger partial charge < -0.3 is 14.6 Å². The fourth-order valence-electron chi connectivity index (χ4n) is 1.03. The van der Waals surface area contributed by atoms with Crippen molar-refractivity contribution >= 4 is 29.2 Å². The van der Waals surface area contributed by atoms with E-state index in [1.807, 2.05) is 0 Å². The number of carboxylic acid groups (broad SMARTS) is 1. The molecule has 0 fully saturated rings. The molecule has 0 saturated carbocycles. The first-order valence-electron chi connectivity index (χ1n) is 4.38. The Morgan fingerprint density at radius 1 is 1.50 bits per heavy atom. The highest BCUT2D eigenvalue weighted by Gasteiger charge is 2.20. The third-order valence-electron chi connectivity index (χ3n) is 1.76. The van der Waals surface area contributed by atoms with E-state index in [1.165, 1.54) is 19.2 Å². The van der Waals surface area contributed by atoms with Crippen molar-refractivity contribution < 1.29 is 19.4 Å². The van der Waals surface area contributed by atoms with E-state index in [1.54, 1.807) is 6.07 Å². The maximum atomic E-state index is 10.8. The van der Waals surface area contributed by atoms with Gasteiger partial charge in [0.2, 0.25) is 6.10 Å². The van der Waals surface area contributed by atoms with E-state index in [2.05, 4.69) is 0 Å². The van der Waals surface area contributed by atoms with Gasteiger partial charge in [0.05, 0.1) is 11.6 Å². The lowest BCUT2D eigenvalue weighted by Gasteiger charge is -2.15. The van der Waals surface area contributed by atoms with Crippen LogP contribution >= 0.6 is 23.2 Å². The van der Waals surface area contributed by atoms with Crippen LogP contribution in [0.1, 0.15) is 0 Å². The normalized spacial score (nSPS) is 12.2. The molecule has 1 unspecified atom stereocenters. The number of rotatable bonds is 5. The predicted octanol–water partition coefficient (Wildman–Crippen LogP) is 2.47. The molecule has 0 aromatic heterocycles. The van der Waals surface area contributed by atoms with Crippen molar-refractivity contribution in [3.05, 3.63) is 28.2 Å². The van der Waals surface area contributed by atoms with Crippen LogP contribution in [-0.4, -0.2) is 30.9 Å². The van der Waals surface area contributed by atoms with Crippen LogP contribution in [0.3, 0.4) is 0 Å². The quantitative estimate of drug-likeness (QED) is 0.888. The van der Waals surface area contributed by atoms with Crippen LogP contribution in [0.15, 0.2) is 18.2 Å². The molecule has 0 saturated heterocycles. The molecular weight excluding hydrogens is 255 g/mol. The Kier molecular flexibility index (Phi) is 4.86. The standard InChI is InChI=1S/C10H10Cl2O4/c1-15-5-9(10(13)14)16-8-4-6(11)2-3-7(8)12/h2-4,9H,5H2,1H3,(H,13,14). The molecule has 4 nitrogen and oxygen atoms in total. The minimum atomic E-state index is -1.13. The minimum Gasteiger partial charge on any atom is -0.478 e. The van der Waals surface area contributed by atoms with E-state index < -0.39 is 12.1 Å². The summed E-state index contributed by atoms with van der Waals surface area (Å²) in [4.78, 5) is 10.8. The van der Waals surface area contributed by atoms with E-state index >= 15 is 0 Å². The third kappa shape index (κ3) is 3.56. The molecule has 6 heteroatoms. The van der Waals surface area contributed by atoms with Gasteiger partial charge in [-0.2, -0.15) is 0 Å². The van der Waals surface area contributed by atoms with E-state index in [0.29, 0.717) is 10.0 Å². The smallest absolute Gasteiger partial charge is 0.347 e. The van der Waals surface area contributed by atoms with Gasteiger partial charge in [-0.15, -0.1) is 0 Å². The molecule has 0 aliphatic rings. The molecule has 0 aliphatic heterocycles. The SMILES string of the molecule is COCC(Oc1cc(Cl)ccc1Cl)C(=O)O. The molecule has 88 valence electrons. The van der Waals surface area contributed by atoms with E-state index in [0.717, 1.165) is 0 Å². The highest BCUT2D eigenvalue weighted by molar-refractivity contribution is 6.34. The van der Waals surface area contributed by atoms with Crippen LogP contribution in [0.2, 0.25) is 10.0 Å². The monoisotopic (exact) mass is 264 g/mol. The van der Waals surface area contributed by atoms with Gasteiger partial charge in [-0.3, -0.25) is 0 Å². The van der Waals surface area contributed by atoms with Crippen LogP contribution in [0.25, 0.3) is 0 Å². The highest BCUT2D eigenvalue weighted by Crippen LogP contribution is 2.28. The summed E-state index contributed by atoms with van der Waals surface area (Å²) in [5.41, 5.74) is 0. The van der Waals surface area contributed by atoms with Crippen LogP contribution in [0.5, 0.6) is 5.75 Å². The van der Waals surface area contributed by atoms with Gasteiger partial charge in [-0.1, -0.05) is 23.2 Å². The average Bonchev–Trinajstić information content (AvgIpc) is 2.22. The lowest BCUT2D eigenvalue weighted by Crippen LogP contribution is -2.31. The van der Waals surface area contributed by atoms with Gasteiger partial charge in [0.25, 0.3) is 0 Å². The number of hydrogen-bond acceptors (Lipinski definition) is 3. The second-order valence-electron chi connectivity index (χ2n) is 2.97. The second-order valence-corrected chi connectivity index (χ2v) is 3.82. The van der Waals surface area contributed by atoms with Crippen molar-refractivity contribution in [3.8, 4) is 5.75 Å². The summed E-state index contributed by atoms with van der Waals surface area (Å²) in [5.74, 6) is -0.906. The molecular formula is C10H10Cl2O4. The lowest BCUT2D eigenvalue weighted by atomic mass is 10.3. The number of halogens is 2. The molecule has 0 bridgehead atoms. The Balaban J connectivity index is 2.84. The van der Waals surface area contributed by atoms with Crippen molar-refractivity contribution in [2.45, 2.75) is 6.10 Å². The molecule has 1 aromatic rings. The molecule has 0 amide bonds. The van der Waals surface area contributed by atoms with Crippen LogP contribution < -0.4 is 4.74 Å². The Hall–Kier alpha value is -0.970. The molecule has 1 aromatic carbocycles. The van der Waals surface area contributed by atoms with Crippen LogP contribution in [0, 0.1) is 0 Å². The van der Waals surface area contributed by atoms with Crippen LogP contribution in [-0.2, 0) is 9.53 Å². The second kappa shape index (κ2) is 5.94. The fraction of sp³-hybridized carbons (Fsp3) is 0.300. The van der Waals surface area contributed by atoms with Gasteiger partial charge in [0.15, 0.2) is 0 Å². The fourth-order valence-corrected chi connectivity index (χ4v) is 1.35. The molecule has 1 atom stereocenters. The zero-order valence-electron chi connectivity index (χ0n) is 8.44. The van der Waals surface area contributed by atoms with Crippen molar-refractivity contribution in [2.75, 3.05) is 13.7 Å². The summed E-state index contributed by atoms with van der Waals surface area (Å²) >= 11 is 11.6. The lowest BCUT2D eigenvalue weighted by molar-refractivity contribution is -0.147. The van der Waals surface area contributed by atoms with Gasteiger partial charge >= 0.3 is 5.97 Å². The Morgan fingerprint density at radius 3 is 2.75 bits per heavy atom. The predicted molar refractivity (Wildman–Crippen MR) is 60.4 cm³/mol. The summed E-state index contributed by atoms with van der Waals surface area (Å²) in [6.07, 6.45) is -1.11. The molecule has 0 heterocycles. The van der Waals surface area contributed by atoms with E-state index in [-0.39, 0.29) is 12.4 Å². The molecule has 0 aliphatic carbocycles. The van der Waals surface area contributed by atoms with Gasteiger partial charge in [0, 0.05) is 18.2 Å². The van der Waals surface area contributed by atoms with Gasteiger partial charge in [0.1, 0.15) is 5.75 Å². The third-order valence-corrected chi connectivity index (χ3v) is 2.30. The van der Waals surface area contributed by atoms with E-state index in [4.69, 9.17) is 37.8 Å². The molecule has 16 heavy (non-hydrogen) atoms. The first kappa shape index (κ1) is 13.1. The first-order chi connectivity index (χ1) is 7.54. The molecule has 1 rings (SSSR count). The van der Waals surface area contributed by atoms with Crippen molar-refractivity contribution in [3.63, 3.8) is 0 Å². The number of carboxylic acids is 1. The minimum absolute atomic E-state index is 0.0713. The Bertz CT molecular complexity index is 381. The maximum absolute atomic E-state index is 10.8. The summed E-state index contributed by atoms with van der Waals surface area (Å²) in [7, 11) is 1.39. The van der Waals surface area contributed by atoms with Crippen molar-refractivity contribution in [1.82, 2.24) is 0 Å². The molecule has 0 radical (unpaired) electrons. The van der Waals surface area contributed by atoms with E-state index in [9.17, 15) is 4.79 Å². The summed E-state index contributed by atoms with van der Waals surface area (Å²) in [6, 6.07) is 4.57. The van der Waals surface area contributed by atoms with Crippen molar-refractivity contribution in [1.29, 1.82) is 0 Å². The summed E-state index contributed by atoms with van der Waals surface area (Å²) in [5, 5.41) is 9.56. The summed E-state index contributed by atoms with van der Waals surface area (Å²) < 4.78 is 9.91. The number of ether oxygens (including phenoxy) is 2. The highest BCUT2D eigenvalue weighted by atomic mass is 35.5. The Labute approximate surface area is 103 Å². The largest absolute Gasteiger partial charge is 0.478 e.